The summed E-state index contributed by atoms with van der Waals surface area (Å²) in [5, 5.41) is 0.692. The van der Waals surface area contributed by atoms with Gasteiger partial charge in [-0.15, -0.1) is 11.3 Å². The average Bonchev–Trinajstić information content (AvgIpc) is 2.86. The van der Waals surface area contributed by atoms with Gasteiger partial charge in [-0.2, -0.15) is 0 Å². The van der Waals surface area contributed by atoms with Gasteiger partial charge < -0.3 is 4.74 Å². The summed E-state index contributed by atoms with van der Waals surface area (Å²) in [6.45, 7) is 5.08. The zero-order valence-electron chi connectivity index (χ0n) is 13.2. The molecule has 2 aromatic heterocycles. The maximum Gasteiger partial charge on any atom is 0.262 e. The Balaban J connectivity index is 2.30. The van der Waals surface area contributed by atoms with Crippen molar-refractivity contribution in [3.05, 3.63) is 49.8 Å². The van der Waals surface area contributed by atoms with Crippen LogP contribution in [0.25, 0.3) is 21.3 Å². The minimum absolute atomic E-state index is 0.0141. The molecule has 3 rings (SSSR count). The van der Waals surface area contributed by atoms with E-state index < -0.39 is 0 Å². The number of hydrogen-bond donors (Lipinski definition) is 0. The zero-order valence-corrected chi connectivity index (χ0v) is 15.6. The zero-order chi connectivity index (χ0) is 16.6. The number of halogens is 1. The lowest BCUT2D eigenvalue weighted by Crippen LogP contribution is -2.22. The lowest BCUT2D eigenvalue weighted by Gasteiger charge is -2.08. The van der Waals surface area contributed by atoms with Gasteiger partial charge in [-0.05, 0) is 25.5 Å². The molecule has 23 heavy (non-hydrogen) atoms. The van der Waals surface area contributed by atoms with E-state index in [0.717, 1.165) is 30.9 Å². The second-order valence-corrected chi connectivity index (χ2v) is 7.49. The standard InChI is InChI=1S/C17H17BrN2O2S/c1-10-4-5-13(18)12(8-10)14-11(2)23-16-15(14)17(21)20(9-19-16)6-7-22-3/h4-5,8-9H,6-7H2,1-3H3. The Hall–Kier alpha value is -1.50. The molecule has 1 aromatic carbocycles. The van der Waals surface area contributed by atoms with E-state index in [1.165, 1.54) is 0 Å². The van der Waals surface area contributed by atoms with E-state index in [1.54, 1.807) is 29.3 Å². The van der Waals surface area contributed by atoms with Gasteiger partial charge in [0.15, 0.2) is 0 Å². The SMILES string of the molecule is COCCn1cnc2sc(C)c(-c3cc(C)ccc3Br)c2c1=O. The fourth-order valence-electron chi connectivity index (χ4n) is 2.64. The van der Waals surface area contributed by atoms with Gasteiger partial charge in [0, 0.05) is 22.0 Å². The molecule has 0 saturated heterocycles. The van der Waals surface area contributed by atoms with Gasteiger partial charge in [-0.1, -0.05) is 33.6 Å². The summed E-state index contributed by atoms with van der Waals surface area (Å²) in [4.78, 5) is 19.2. The van der Waals surface area contributed by atoms with Gasteiger partial charge in [0.1, 0.15) is 4.83 Å². The second-order valence-electron chi connectivity index (χ2n) is 5.43. The minimum atomic E-state index is -0.0141. The summed E-state index contributed by atoms with van der Waals surface area (Å²) >= 11 is 5.17. The summed E-state index contributed by atoms with van der Waals surface area (Å²) in [6.07, 6.45) is 1.61. The number of aryl methyl sites for hydroxylation is 2. The van der Waals surface area contributed by atoms with Gasteiger partial charge in [0.05, 0.1) is 24.9 Å². The van der Waals surface area contributed by atoms with E-state index in [4.69, 9.17) is 4.74 Å². The molecule has 0 amide bonds. The lowest BCUT2D eigenvalue weighted by atomic mass is 10.0. The third-order valence-corrected chi connectivity index (χ3v) is 5.49. The molecule has 0 unspecified atom stereocenters. The molecule has 6 heteroatoms. The van der Waals surface area contributed by atoms with Crippen LogP contribution in [0.2, 0.25) is 0 Å². The Morgan fingerprint density at radius 2 is 2.13 bits per heavy atom. The third-order valence-electron chi connectivity index (χ3n) is 3.78. The molecular formula is C17H17BrN2O2S. The molecule has 0 radical (unpaired) electrons. The van der Waals surface area contributed by atoms with E-state index in [-0.39, 0.29) is 5.56 Å². The number of benzene rings is 1. The van der Waals surface area contributed by atoms with Gasteiger partial charge in [0.2, 0.25) is 0 Å². The number of nitrogens with zero attached hydrogens (tertiary/aromatic N) is 2. The number of methoxy groups -OCH3 is 1. The number of ether oxygens (including phenoxy) is 1. The number of aromatic nitrogens is 2. The molecule has 2 heterocycles. The van der Waals surface area contributed by atoms with Gasteiger partial charge in [0.25, 0.3) is 5.56 Å². The first kappa shape index (κ1) is 16.4. The first-order valence-electron chi connectivity index (χ1n) is 7.27. The molecule has 0 saturated carbocycles. The molecule has 0 N–H and O–H groups in total. The predicted molar refractivity (Wildman–Crippen MR) is 98.4 cm³/mol. The number of fused-ring (bicyclic) bond motifs is 1. The molecular weight excluding hydrogens is 376 g/mol. The Morgan fingerprint density at radius 3 is 2.87 bits per heavy atom. The maximum atomic E-state index is 12.9. The topological polar surface area (TPSA) is 44.1 Å². The molecule has 4 nitrogen and oxygen atoms in total. The first-order chi connectivity index (χ1) is 11.0. The molecule has 0 atom stereocenters. The van der Waals surface area contributed by atoms with E-state index in [0.29, 0.717) is 18.5 Å². The molecule has 120 valence electrons. The molecule has 0 spiro atoms. The quantitative estimate of drug-likeness (QED) is 0.669. The van der Waals surface area contributed by atoms with E-state index >= 15 is 0 Å². The molecule has 0 aliphatic rings. The smallest absolute Gasteiger partial charge is 0.262 e. The van der Waals surface area contributed by atoms with Crippen LogP contribution in [0, 0.1) is 13.8 Å². The van der Waals surface area contributed by atoms with Gasteiger partial charge in [-0.25, -0.2) is 4.98 Å². The second kappa shape index (κ2) is 6.55. The number of thiophene rings is 1. The summed E-state index contributed by atoms with van der Waals surface area (Å²) in [7, 11) is 1.63. The summed E-state index contributed by atoms with van der Waals surface area (Å²) in [5.74, 6) is 0. The molecule has 0 aliphatic heterocycles. The summed E-state index contributed by atoms with van der Waals surface area (Å²) in [5.41, 5.74) is 3.16. The van der Waals surface area contributed by atoms with E-state index in [9.17, 15) is 4.79 Å². The largest absolute Gasteiger partial charge is 0.383 e. The van der Waals surface area contributed by atoms with Crippen molar-refractivity contribution in [1.82, 2.24) is 9.55 Å². The Morgan fingerprint density at radius 1 is 1.35 bits per heavy atom. The fraction of sp³-hybridized carbons (Fsp3) is 0.294. The Kier molecular flexibility index (Phi) is 4.66. The normalized spacial score (nSPS) is 11.3. The van der Waals surface area contributed by atoms with Crippen LogP contribution < -0.4 is 5.56 Å². The van der Waals surface area contributed by atoms with Crippen molar-refractivity contribution >= 4 is 37.5 Å². The Bertz CT molecular complexity index is 930. The highest BCUT2D eigenvalue weighted by atomic mass is 79.9. The predicted octanol–water partition coefficient (Wildman–Crippen LogP) is 4.15. The van der Waals surface area contributed by atoms with Crippen molar-refractivity contribution in [3.8, 4) is 11.1 Å². The summed E-state index contributed by atoms with van der Waals surface area (Å²) < 4.78 is 7.68. The van der Waals surface area contributed by atoms with Crippen molar-refractivity contribution in [2.24, 2.45) is 0 Å². The third kappa shape index (κ3) is 2.98. The van der Waals surface area contributed by atoms with Crippen molar-refractivity contribution in [3.63, 3.8) is 0 Å². The number of hydrogen-bond acceptors (Lipinski definition) is 4. The van der Waals surface area contributed by atoms with Crippen molar-refractivity contribution < 1.29 is 4.74 Å². The molecule has 0 fully saturated rings. The maximum absolute atomic E-state index is 12.9. The molecule has 3 aromatic rings. The summed E-state index contributed by atoms with van der Waals surface area (Å²) in [6, 6.07) is 6.17. The van der Waals surface area contributed by atoms with E-state index in [1.807, 2.05) is 19.1 Å². The highest BCUT2D eigenvalue weighted by molar-refractivity contribution is 9.10. The minimum Gasteiger partial charge on any atom is -0.383 e. The van der Waals surface area contributed by atoms with Crippen molar-refractivity contribution in [2.45, 2.75) is 20.4 Å². The monoisotopic (exact) mass is 392 g/mol. The van der Waals surface area contributed by atoms with Crippen LogP contribution in [0.1, 0.15) is 10.4 Å². The fourth-order valence-corrected chi connectivity index (χ4v) is 4.08. The van der Waals surface area contributed by atoms with Crippen LogP contribution in [0.4, 0.5) is 0 Å². The Labute approximate surface area is 146 Å². The van der Waals surface area contributed by atoms with Crippen LogP contribution >= 0.6 is 27.3 Å². The van der Waals surface area contributed by atoms with Gasteiger partial charge in [-0.3, -0.25) is 9.36 Å². The molecule has 0 bridgehead atoms. The first-order valence-corrected chi connectivity index (χ1v) is 8.88. The van der Waals surface area contributed by atoms with Crippen LogP contribution in [0.3, 0.4) is 0 Å². The highest BCUT2D eigenvalue weighted by Crippen LogP contribution is 2.39. The highest BCUT2D eigenvalue weighted by Gasteiger charge is 2.18. The van der Waals surface area contributed by atoms with Gasteiger partial charge >= 0.3 is 0 Å². The van der Waals surface area contributed by atoms with Crippen molar-refractivity contribution in [2.75, 3.05) is 13.7 Å². The molecule has 0 aliphatic carbocycles. The van der Waals surface area contributed by atoms with E-state index in [2.05, 4.69) is 33.9 Å². The number of rotatable bonds is 4. The van der Waals surface area contributed by atoms with Crippen LogP contribution in [-0.4, -0.2) is 23.3 Å². The average molecular weight is 393 g/mol. The lowest BCUT2D eigenvalue weighted by molar-refractivity contribution is 0.186. The van der Waals surface area contributed by atoms with Crippen LogP contribution in [-0.2, 0) is 11.3 Å². The van der Waals surface area contributed by atoms with Crippen molar-refractivity contribution in [1.29, 1.82) is 0 Å². The van der Waals surface area contributed by atoms with Crippen LogP contribution in [0.5, 0.6) is 0 Å². The van der Waals surface area contributed by atoms with Crippen LogP contribution in [0.15, 0.2) is 33.8 Å².